The number of carbonyl (C=O) groups excluding carboxylic acids is 1. The zero-order valence-electron chi connectivity index (χ0n) is 11.4. The lowest BCUT2D eigenvalue weighted by molar-refractivity contribution is -0.142. The van der Waals surface area contributed by atoms with E-state index in [2.05, 4.69) is 0 Å². The van der Waals surface area contributed by atoms with Crippen molar-refractivity contribution >= 4 is 12.0 Å². The molecule has 108 valence electrons. The molecule has 2 heterocycles. The minimum Gasteiger partial charge on any atom is -0.481 e. The van der Waals surface area contributed by atoms with E-state index in [0.717, 1.165) is 38.8 Å². The predicted octanol–water partition coefficient (Wildman–Crippen LogP) is 1.01. The molecule has 6 nitrogen and oxygen atoms in total. The molecule has 2 aliphatic heterocycles. The Bertz CT molecular complexity index is 340. The highest BCUT2D eigenvalue weighted by Crippen LogP contribution is 2.21. The molecule has 0 bridgehead atoms. The summed E-state index contributed by atoms with van der Waals surface area (Å²) in [7, 11) is 1.68. The average Bonchev–Trinajstić information content (AvgIpc) is 2.73. The number of hydrogen-bond acceptors (Lipinski definition) is 3. The van der Waals surface area contributed by atoms with Crippen LogP contribution in [-0.2, 0) is 9.53 Å². The Labute approximate surface area is 113 Å². The Kier molecular flexibility index (Phi) is 4.63. The third-order valence-corrected chi connectivity index (χ3v) is 4.04. The van der Waals surface area contributed by atoms with Crippen LogP contribution in [0.3, 0.4) is 0 Å². The van der Waals surface area contributed by atoms with Gasteiger partial charge in [0.05, 0.1) is 19.3 Å². The quantitative estimate of drug-likeness (QED) is 0.813. The van der Waals surface area contributed by atoms with E-state index in [1.807, 2.05) is 4.90 Å². The molecule has 0 aromatic heterocycles. The number of nitrogens with zero attached hydrogens (tertiary/aromatic N) is 2. The number of likely N-dealkylation sites (tertiary alicyclic amines) is 1. The van der Waals surface area contributed by atoms with Crippen LogP contribution in [0.25, 0.3) is 0 Å². The smallest absolute Gasteiger partial charge is 0.320 e. The Balaban J connectivity index is 1.99. The summed E-state index contributed by atoms with van der Waals surface area (Å²) in [4.78, 5) is 26.9. The summed E-state index contributed by atoms with van der Waals surface area (Å²) >= 11 is 0. The fraction of sp³-hybridized carbons (Fsp3) is 0.846. The molecule has 2 amide bonds. The SMILES string of the molecule is CN(C(=O)N1CCCCCC1)C1COCC1C(=O)O. The molecule has 0 spiro atoms. The van der Waals surface area contributed by atoms with Crippen molar-refractivity contribution in [3.63, 3.8) is 0 Å². The minimum absolute atomic E-state index is 0.0661. The van der Waals surface area contributed by atoms with Crippen molar-refractivity contribution in [1.29, 1.82) is 0 Å². The van der Waals surface area contributed by atoms with Crippen LogP contribution in [0, 0.1) is 5.92 Å². The lowest BCUT2D eigenvalue weighted by Crippen LogP contribution is -2.50. The van der Waals surface area contributed by atoms with Gasteiger partial charge < -0.3 is 19.6 Å². The maximum absolute atomic E-state index is 12.4. The summed E-state index contributed by atoms with van der Waals surface area (Å²) in [6, 6.07) is -0.420. The highest BCUT2D eigenvalue weighted by atomic mass is 16.5. The second-order valence-electron chi connectivity index (χ2n) is 5.34. The van der Waals surface area contributed by atoms with Crippen LogP contribution in [0.2, 0.25) is 0 Å². The Morgan fingerprint density at radius 3 is 2.37 bits per heavy atom. The highest BCUT2D eigenvalue weighted by Gasteiger charge is 2.39. The number of hydrogen-bond donors (Lipinski definition) is 1. The van der Waals surface area contributed by atoms with Crippen LogP contribution in [0.15, 0.2) is 0 Å². The number of likely N-dealkylation sites (N-methyl/N-ethyl adjacent to an activating group) is 1. The van der Waals surface area contributed by atoms with E-state index < -0.39 is 11.9 Å². The predicted molar refractivity (Wildman–Crippen MR) is 68.9 cm³/mol. The molecular formula is C13H22N2O4. The van der Waals surface area contributed by atoms with Gasteiger partial charge in [-0.15, -0.1) is 0 Å². The van der Waals surface area contributed by atoms with Crippen LogP contribution in [0.1, 0.15) is 25.7 Å². The monoisotopic (exact) mass is 270 g/mol. The van der Waals surface area contributed by atoms with Crippen molar-refractivity contribution in [2.24, 2.45) is 5.92 Å². The van der Waals surface area contributed by atoms with Gasteiger partial charge in [0, 0.05) is 20.1 Å². The lowest BCUT2D eigenvalue weighted by atomic mass is 10.0. The van der Waals surface area contributed by atoms with Crippen molar-refractivity contribution in [2.45, 2.75) is 31.7 Å². The summed E-state index contributed by atoms with van der Waals surface area (Å²) in [5, 5.41) is 9.14. The average molecular weight is 270 g/mol. The summed E-state index contributed by atoms with van der Waals surface area (Å²) in [6.45, 7) is 2.05. The van der Waals surface area contributed by atoms with Gasteiger partial charge in [0.2, 0.25) is 0 Å². The lowest BCUT2D eigenvalue weighted by Gasteiger charge is -2.32. The number of carboxylic acids is 1. The van der Waals surface area contributed by atoms with Crippen LogP contribution >= 0.6 is 0 Å². The normalized spacial score (nSPS) is 27.9. The molecule has 6 heteroatoms. The first-order valence-electron chi connectivity index (χ1n) is 6.93. The fourth-order valence-corrected chi connectivity index (χ4v) is 2.79. The third kappa shape index (κ3) is 3.18. The number of urea groups is 1. The first kappa shape index (κ1) is 14.1. The van der Waals surface area contributed by atoms with E-state index >= 15 is 0 Å². The van der Waals surface area contributed by atoms with Gasteiger partial charge in [-0.2, -0.15) is 0 Å². The maximum Gasteiger partial charge on any atom is 0.320 e. The van der Waals surface area contributed by atoms with E-state index in [4.69, 9.17) is 9.84 Å². The number of rotatable bonds is 2. The first-order valence-corrected chi connectivity index (χ1v) is 6.93. The number of ether oxygens (including phenoxy) is 1. The molecule has 0 aliphatic carbocycles. The number of amides is 2. The van der Waals surface area contributed by atoms with Crippen LogP contribution in [0.4, 0.5) is 4.79 Å². The van der Waals surface area contributed by atoms with Gasteiger partial charge in [0.15, 0.2) is 0 Å². The Morgan fingerprint density at radius 1 is 1.16 bits per heavy atom. The van der Waals surface area contributed by atoms with Crippen molar-refractivity contribution in [3.05, 3.63) is 0 Å². The molecule has 0 radical (unpaired) electrons. The number of aliphatic carboxylic acids is 1. The molecule has 2 aliphatic rings. The molecule has 1 N–H and O–H groups in total. The molecule has 19 heavy (non-hydrogen) atoms. The summed E-state index contributed by atoms with van der Waals surface area (Å²) in [5.41, 5.74) is 0. The summed E-state index contributed by atoms with van der Waals surface area (Å²) in [6.07, 6.45) is 4.39. The van der Waals surface area contributed by atoms with Gasteiger partial charge in [0.25, 0.3) is 0 Å². The first-order chi connectivity index (χ1) is 9.11. The molecule has 2 saturated heterocycles. The van der Waals surface area contributed by atoms with Crippen LogP contribution in [0.5, 0.6) is 0 Å². The van der Waals surface area contributed by atoms with Crippen molar-refractivity contribution in [1.82, 2.24) is 9.80 Å². The zero-order chi connectivity index (χ0) is 13.8. The van der Waals surface area contributed by atoms with E-state index in [1.165, 1.54) is 0 Å². The molecule has 0 aromatic rings. The molecule has 0 aromatic carbocycles. The van der Waals surface area contributed by atoms with Crippen LogP contribution in [-0.4, -0.2) is 66.3 Å². The topological polar surface area (TPSA) is 70.1 Å². The Hall–Kier alpha value is -1.30. The van der Waals surface area contributed by atoms with Gasteiger partial charge in [-0.05, 0) is 12.8 Å². The molecule has 2 fully saturated rings. The van der Waals surface area contributed by atoms with Crippen molar-refractivity contribution < 1.29 is 19.4 Å². The van der Waals surface area contributed by atoms with Crippen LogP contribution < -0.4 is 0 Å². The highest BCUT2D eigenvalue weighted by molar-refractivity contribution is 5.77. The largest absolute Gasteiger partial charge is 0.481 e. The van der Waals surface area contributed by atoms with E-state index in [0.29, 0.717) is 6.61 Å². The summed E-state index contributed by atoms with van der Waals surface area (Å²) in [5.74, 6) is -1.50. The Morgan fingerprint density at radius 2 is 1.79 bits per heavy atom. The zero-order valence-corrected chi connectivity index (χ0v) is 11.4. The van der Waals surface area contributed by atoms with Crippen molar-refractivity contribution in [3.8, 4) is 0 Å². The van der Waals surface area contributed by atoms with Gasteiger partial charge in [0.1, 0.15) is 5.92 Å². The van der Waals surface area contributed by atoms with Crippen molar-refractivity contribution in [2.75, 3.05) is 33.4 Å². The minimum atomic E-state index is -0.891. The van der Waals surface area contributed by atoms with E-state index in [1.54, 1.807) is 11.9 Å². The second kappa shape index (κ2) is 6.23. The molecule has 0 saturated carbocycles. The molecule has 2 unspecified atom stereocenters. The standard InChI is InChI=1S/C13H22N2O4/c1-14(11-9-19-8-10(11)12(16)17)13(18)15-6-4-2-3-5-7-15/h10-11H,2-9H2,1H3,(H,16,17). The maximum atomic E-state index is 12.4. The fourth-order valence-electron chi connectivity index (χ4n) is 2.79. The second-order valence-corrected chi connectivity index (χ2v) is 5.34. The summed E-state index contributed by atoms with van der Waals surface area (Å²) < 4.78 is 5.22. The van der Waals surface area contributed by atoms with E-state index in [-0.39, 0.29) is 18.7 Å². The third-order valence-electron chi connectivity index (χ3n) is 4.04. The van der Waals surface area contributed by atoms with Gasteiger partial charge >= 0.3 is 12.0 Å². The molecular weight excluding hydrogens is 248 g/mol. The number of carboxylic acid groups (broad SMARTS) is 1. The van der Waals surface area contributed by atoms with Gasteiger partial charge in [-0.1, -0.05) is 12.8 Å². The number of carbonyl (C=O) groups is 2. The van der Waals surface area contributed by atoms with E-state index in [9.17, 15) is 9.59 Å². The molecule has 2 rings (SSSR count). The molecule has 2 atom stereocenters. The van der Waals surface area contributed by atoms with Gasteiger partial charge in [-0.25, -0.2) is 4.79 Å². The van der Waals surface area contributed by atoms with Gasteiger partial charge in [-0.3, -0.25) is 4.79 Å².